The van der Waals surface area contributed by atoms with Crippen LogP contribution in [0.15, 0.2) is 36.5 Å². The first-order valence-electron chi connectivity index (χ1n) is 6.60. The molecule has 2 aromatic rings. The summed E-state index contributed by atoms with van der Waals surface area (Å²) < 4.78 is 6.65. The predicted octanol–water partition coefficient (Wildman–Crippen LogP) is 1.09. The molecule has 0 spiro atoms. The van der Waals surface area contributed by atoms with Crippen LogP contribution in [0.3, 0.4) is 0 Å². The molecule has 1 aromatic heterocycles. The number of carbonyl (C=O) groups is 2. The van der Waals surface area contributed by atoms with Gasteiger partial charge in [-0.05, 0) is 37.3 Å². The van der Waals surface area contributed by atoms with Crippen LogP contribution in [0.4, 0.5) is 0 Å². The van der Waals surface area contributed by atoms with E-state index in [1.54, 1.807) is 35.1 Å². The molecule has 0 aliphatic carbocycles. The average molecular weight is 297 g/mol. The molecule has 1 amide bonds. The van der Waals surface area contributed by atoms with Gasteiger partial charge in [0.15, 0.2) is 6.61 Å². The highest BCUT2D eigenvalue weighted by molar-refractivity contribution is 5.91. The van der Waals surface area contributed by atoms with E-state index in [2.05, 4.69) is 16.3 Å². The zero-order chi connectivity index (χ0) is 15.9. The Morgan fingerprint density at radius 2 is 2.05 bits per heavy atom. The van der Waals surface area contributed by atoms with E-state index in [1.165, 1.54) is 0 Å². The fourth-order valence-electron chi connectivity index (χ4n) is 1.79. The SMILES string of the molecule is C#CCNC(=O)COC(=O)c1ccc(-n2nccc2C)cc1. The number of aryl methyl sites for hydroxylation is 1. The van der Waals surface area contributed by atoms with Crippen molar-refractivity contribution in [2.75, 3.05) is 13.2 Å². The summed E-state index contributed by atoms with van der Waals surface area (Å²) in [6, 6.07) is 8.65. The highest BCUT2D eigenvalue weighted by atomic mass is 16.5. The van der Waals surface area contributed by atoms with E-state index in [0.29, 0.717) is 5.56 Å². The Morgan fingerprint density at radius 1 is 1.32 bits per heavy atom. The molecule has 6 nitrogen and oxygen atoms in total. The molecule has 22 heavy (non-hydrogen) atoms. The Bertz CT molecular complexity index is 711. The normalized spacial score (nSPS) is 9.82. The van der Waals surface area contributed by atoms with E-state index in [1.807, 2.05) is 13.0 Å². The molecule has 0 aliphatic heterocycles. The number of ether oxygens (including phenoxy) is 1. The molecule has 0 bridgehead atoms. The molecule has 6 heteroatoms. The smallest absolute Gasteiger partial charge is 0.338 e. The van der Waals surface area contributed by atoms with Crippen molar-refractivity contribution in [3.63, 3.8) is 0 Å². The zero-order valence-electron chi connectivity index (χ0n) is 12.1. The third kappa shape index (κ3) is 3.73. The summed E-state index contributed by atoms with van der Waals surface area (Å²) in [6.45, 7) is 1.68. The second-order valence-corrected chi connectivity index (χ2v) is 4.49. The maximum Gasteiger partial charge on any atom is 0.338 e. The first kappa shape index (κ1) is 15.3. The van der Waals surface area contributed by atoms with E-state index >= 15 is 0 Å². The molecule has 0 fully saturated rings. The molecular weight excluding hydrogens is 282 g/mol. The van der Waals surface area contributed by atoms with Gasteiger partial charge in [0.1, 0.15) is 0 Å². The van der Waals surface area contributed by atoms with Crippen molar-refractivity contribution in [1.82, 2.24) is 15.1 Å². The van der Waals surface area contributed by atoms with E-state index in [-0.39, 0.29) is 13.2 Å². The molecule has 0 saturated heterocycles. The number of nitrogens with zero attached hydrogens (tertiary/aromatic N) is 2. The molecule has 0 atom stereocenters. The highest BCUT2D eigenvalue weighted by Crippen LogP contribution is 2.12. The molecule has 0 unspecified atom stereocenters. The lowest BCUT2D eigenvalue weighted by Crippen LogP contribution is -2.28. The van der Waals surface area contributed by atoms with Gasteiger partial charge >= 0.3 is 5.97 Å². The second-order valence-electron chi connectivity index (χ2n) is 4.49. The number of hydrogen-bond donors (Lipinski definition) is 1. The zero-order valence-corrected chi connectivity index (χ0v) is 12.1. The van der Waals surface area contributed by atoms with Crippen LogP contribution in [0.25, 0.3) is 5.69 Å². The standard InChI is InChI=1S/C16H15N3O3/c1-3-9-17-15(20)11-22-16(21)13-4-6-14(7-5-13)19-12(2)8-10-18-19/h1,4-8,10H,9,11H2,2H3,(H,17,20). The maximum atomic E-state index is 11.8. The van der Waals surface area contributed by atoms with Crippen LogP contribution in [-0.4, -0.2) is 34.8 Å². The van der Waals surface area contributed by atoms with Crippen molar-refractivity contribution >= 4 is 11.9 Å². The number of esters is 1. The average Bonchev–Trinajstić information content (AvgIpc) is 2.96. The van der Waals surface area contributed by atoms with Gasteiger partial charge in [0, 0.05) is 11.9 Å². The number of carbonyl (C=O) groups excluding carboxylic acids is 2. The number of benzene rings is 1. The molecule has 2 rings (SSSR count). The van der Waals surface area contributed by atoms with Gasteiger partial charge in [0.25, 0.3) is 5.91 Å². The maximum absolute atomic E-state index is 11.8. The molecule has 1 aromatic carbocycles. The number of nitrogens with one attached hydrogen (secondary N) is 1. The number of rotatable bonds is 5. The largest absolute Gasteiger partial charge is 0.452 e. The molecular formula is C16H15N3O3. The van der Waals surface area contributed by atoms with Gasteiger partial charge < -0.3 is 10.1 Å². The summed E-state index contributed by atoms with van der Waals surface area (Å²) in [6.07, 6.45) is 6.71. The minimum Gasteiger partial charge on any atom is -0.452 e. The Morgan fingerprint density at radius 3 is 2.64 bits per heavy atom. The van der Waals surface area contributed by atoms with Crippen LogP contribution in [-0.2, 0) is 9.53 Å². The third-order valence-corrected chi connectivity index (χ3v) is 2.90. The fourth-order valence-corrected chi connectivity index (χ4v) is 1.79. The number of amides is 1. The first-order chi connectivity index (χ1) is 10.6. The first-order valence-corrected chi connectivity index (χ1v) is 6.60. The van der Waals surface area contributed by atoms with Crippen LogP contribution in [0, 0.1) is 19.3 Å². The lowest BCUT2D eigenvalue weighted by Gasteiger charge is -2.07. The van der Waals surface area contributed by atoms with Crippen molar-refractivity contribution in [3.8, 4) is 18.0 Å². The Hall–Kier alpha value is -3.07. The molecule has 1 N–H and O–H groups in total. The summed E-state index contributed by atoms with van der Waals surface area (Å²) >= 11 is 0. The topological polar surface area (TPSA) is 73.2 Å². The Kier molecular flexibility index (Phi) is 4.94. The highest BCUT2D eigenvalue weighted by Gasteiger charge is 2.10. The van der Waals surface area contributed by atoms with Crippen LogP contribution >= 0.6 is 0 Å². The van der Waals surface area contributed by atoms with Crippen LogP contribution in [0.2, 0.25) is 0 Å². The summed E-state index contributed by atoms with van der Waals surface area (Å²) in [4.78, 5) is 23.1. The van der Waals surface area contributed by atoms with E-state index in [9.17, 15) is 9.59 Å². The molecule has 1 heterocycles. The van der Waals surface area contributed by atoms with Gasteiger partial charge in [-0.15, -0.1) is 6.42 Å². The quantitative estimate of drug-likeness (QED) is 0.662. The van der Waals surface area contributed by atoms with Gasteiger partial charge in [-0.1, -0.05) is 5.92 Å². The fraction of sp³-hybridized carbons (Fsp3) is 0.188. The molecule has 0 aliphatic rings. The summed E-state index contributed by atoms with van der Waals surface area (Å²) in [5.74, 6) is 1.26. The predicted molar refractivity (Wildman–Crippen MR) is 80.4 cm³/mol. The van der Waals surface area contributed by atoms with Crippen LogP contribution in [0.1, 0.15) is 16.1 Å². The van der Waals surface area contributed by atoms with Gasteiger partial charge in [-0.25, -0.2) is 9.48 Å². The van der Waals surface area contributed by atoms with Crippen molar-refractivity contribution in [2.24, 2.45) is 0 Å². The van der Waals surface area contributed by atoms with Crippen molar-refractivity contribution in [2.45, 2.75) is 6.92 Å². The monoisotopic (exact) mass is 297 g/mol. The minimum atomic E-state index is -0.570. The lowest BCUT2D eigenvalue weighted by atomic mass is 10.2. The van der Waals surface area contributed by atoms with Crippen molar-refractivity contribution in [1.29, 1.82) is 0 Å². The molecule has 0 saturated carbocycles. The number of hydrogen-bond acceptors (Lipinski definition) is 4. The lowest BCUT2D eigenvalue weighted by molar-refractivity contribution is -0.123. The van der Waals surface area contributed by atoms with Gasteiger partial charge in [-0.3, -0.25) is 4.79 Å². The van der Waals surface area contributed by atoms with Crippen molar-refractivity contribution < 1.29 is 14.3 Å². The number of terminal acetylenes is 1. The van der Waals surface area contributed by atoms with Crippen LogP contribution in [0.5, 0.6) is 0 Å². The Balaban J connectivity index is 1.96. The third-order valence-electron chi connectivity index (χ3n) is 2.90. The molecule has 0 radical (unpaired) electrons. The van der Waals surface area contributed by atoms with E-state index in [4.69, 9.17) is 11.2 Å². The van der Waals surface area contributed by atoms with E-state index in [0.717, 1.165) is 11.4 Å². The van der Waals surface area contributed by atoms with Crippen LogP contribution < -0.4 is 5.32 Å². The molecule has 112 valence electrons. The van der Waals surface area contributed by atoms with Gasteiger partial charge in [-0.2, -0.15) is 5.10 Å². The second kappa shape index (κ2) is 7.09. The summed E-state index contributed by atoms with van der Waals surface area (Å²) in [5, 5.41) is 6.59. The Labute approximate surface area is 128 Å². The summed E-state index contributed by atoms with van der Waals surface area (Å²) in [7, 11) is 0. The summed E-state index contributed by atoms with van der Waals surface area (Å²) in [5.41, 5.74) is 2.18. The van der Waals surface area contributed by atoms with Gasteiger partial charge in [0.05, 0.1) is 17.8 Å². The number of aromatic nitrogens is 2. The minimum absolute atomic E-state index is 0.105. The van der Waals surface area contributed by atoms with Gasteiger partial charge in [0.2, 0.25) is 0 Å². The van der Waals surface area contributed by atoms with Crippen molar-refractivity contribution in [3.05, 3.63) is 47.8 Å². The van der Waals surface area contributed by atoms with E-state index < -0.39 is 11.9 Å².